The van der Waals surface area contributed by atoms with Crippen LogP contribution in [0.25, 0.3) is 11.2 Å². The largest absolute Gasteiger partial charge is 0.235 e. The molecule has 2 rings (SSSR count). The summed E-state index contributed by atoms with van der Waals surface area (Å²) in [5.41, 5.74) is 1.66. The van der Waals surface area contributed by atoms with Gasteiger partial charge in [0.1, 0.15) is 5.52 Å². The van der Waals surface area contributed by atoms with Crippen molar-refractivity contribution in [1.29, 1.82) is 0 Å². The van der Waals surface area contributed by atoms with Gasteiger partial charge in [-0.15, -0.1) is 5.10 Å². The molecule has 2 heterocycles. The number of hydrogen-bond acceptors (Lipinski definition) is 3. The average molecular weight is 134 g/mol. The van der Waals surface area contributed by atoms with Crippen molar-refractivity contribution in [3.8, 4) is 0 Å². The Bertz CT molecular complexity index is 351. The normalized spacial score (nSPS) is 10.5. The fraction of sp³-hybridized carbons (Fsp3) is 0.167. The summed E-state index contributed by atoms with van der Waals surface area (Å²) in [4.78, 5) is 4.08. The van der Waals surface area contributed by atoms with Crippen molar-refractivity contribution in [2.24, 2.45) is 7.05 Å². The van der Waals surface area contributed by atoms with Crippen molar-refractivity contribution < 1.29 is 0 Å². The molecule has 0 aliphatic heterocycles. The molecule has 50 valence electrons. The molecule has 4 heteroatoms. The molecule has 0 saturated heterocycles. The van der Waals surface area contributed by atoms with E-state index in [2.05, 4.69) is 15.3 Å². The maximum absolute atomic E-state index is 4.08. The van der Waals surface area contributed by atoms with Crippen LogP contribution in [0.5, 0.6) is 0 Å². The van der Waals surface area contributed by atoms with Crippen molar-refractivity contribution in [1.82, 2.24) is 20.0 Å². The molecule has 0 aliphatic rings. The second-order valence-electron chi connectivity index (χ2n) is 2.06. The SMILES string of the molecule is Cn1nnc2cccnc21. The van der Waals surface area contributed by atoms with Crippen LogP contribution in [-0.2, 0) is 7.05 Å². The maximum Gasteiger partial charge on any atom is 0.178 e. The van der Waals surface area contributed by atoms with Crippen molar-refractivity contribution in [2.45, 2.75) is 0 Å². The van der Waals surface area contributed by atoms with Gasteiger partial charge in [-0.2, -0.15) is 0 Å². The van der Waals surface area contributed by atoms with E-state index in [0.29, 0.717) is 0 Å². The third-order valence-corrected chi connectivity index (χ3v) is 1.36. The van der Waals surface area contributed by atoms with Crippen molar-refractivity contribution >= 4 is 11.2 Å². The summed E-state index contributed by atoms with van der Waals surface area (Å²) < 4.78 is 1.65. The van der Waals surface area contributed by atoms with E-state index in [0.717, 1.165) is 11.2 Å². The number of aromatic nitrogens is 4. The summed E-state index contributed by atoms with van der Waals surface area (Å²) in [5, 5.41) is 7.67. The lowest BCUT2D eigenvalue weighted by Gasteiger charge is -1.86. The second-order valence-corrected chi connectivity index (χ2v) is 2.06. The zero-order valence-corrected chi connectivity index (χ0v) is 5.52. The number of hydrogen-bond donors (Lipinski definition) is 0. The first-order valence-electron chi connectivity index (χ1n) is 2.98. The van der Waals surface area contributed by atoms with Gasteiger partial charge in [-0.1, -0.05) is 5.21 Å². The zero-order valence-electron chi connectivity index (χ0n) is 5.52. The Morgan fingerprint density at radius 2 is 2.40 bits per heavy atom. The smallest absolute Gasteiger partial charge is 0.178 e. The maximum atomic E-state index is 4.08. The minimum atomic E-state index is 0.822. The highest BCUT2D eigenvalue weighted by atomic mass is 15.4. The van der Waals surface area contributed by atoms with Crippen LogP contribution in [0.15, 0.2) is 18.3 Å². The van der Waals surface area contributed by atoms with Crippen molar-refractivity contribution in [3.05, 3.63) is 18.3 Å². The van der Waals surface area contributed by atoms with E-state index in [1.165, 1.54) is 0 Å². The first-order valence-corrected chi connectivity index (χ1v) is 2.98. The zero-order chi connectivity index (χ0) is 6.97. The topological polar surface area (TPSA) is 43.6 Å². The number of rotatable bonds is 0. The fourth-order valence-electron chi connectivity index (χ4n) is 0.873. The van der Waals surface area contributed by atoms with E-state index >= 15 is 0 Å². The van der Waals surface area contributed by atoms with Gasteiger partial charge in [0.15, 0.2) is 5.65 Å². The van der Waals surface area contributed by atoms with E-state index in [1.807, 2.05) is 19.2 Å². The third-order valence-electron chi connectivity index (χ3n) is 1.36. The van der Waals surface area contributed by atoms with Gasteiger partial charge in [0.25, 0.3) is 0 Å². The number of nitrogens with zero attached hydrogens (tertiary/aromatic N) is 4. The molecular weight excluding hydrogens is 128 g/mol. The van der Waals surface area contributed by atoms with Gasteiger partial charge in [0.05, 0.1) is 0 Å². The van der Waals surface area contributed by atoms with Gasteiger partial charge >= 0.3 is 0 Å². The van der Waals surface area contributed by atoms with Crippen LogP contribution in [-0.4, -0.2) is 20.0 Å². The molecule has 0 amide bonds. The van der Waals surface area contributed by atoms with Crippen LogP contribution < -0.4 is 0 Å². The van der Waals surface area contributed by atoms with Crippen LogP contribution in [0, 0.1) is 0 Å². The summed E-state index contributed by atoms with van der Waals surface area (Å²) in [5.74, 6) is 0. The van der Waals surface area contributed by atoms with Crippen LogP contribution in [0.4, 0.5) is 0 Å². The lowest BCUT2D eigenvalue weighted by atomic mass is 10.4. The van der Waals surface area contributed by atoms with Gasteiger partial charge in [-0.05, 0) is 12.1 Å². The molecule has 0 bridgehead atoms. The molecule has 2 aromatic heterocycles. The van der Waals surface area contributed by atoms with Gasteiger partial charge < -0.3 is 0 Å². The highest BCUT2D eigenvalue weighted by molar-refractivity contribution is 5.68. The predicted molar refractivity (Wildman–Crippen MR) is 36.3 cm³/mol. The van der Waals surface area contributed by atoms with Gasteiger partial charge in [-0.3, -0.25) is 0 Å². The number of fused-ring (bicyclic) bond motifs is 1. The first kappa shape index (κ1) is 5.34. The van der Waals surface area contributed by atoms with Crippen molar-refractivity contribution in [2.75, 3.05) is 0 Å². The predicted octanol–water partition coefficient (Wildman–Crippen LogP) is 0.363. The van der Waals surface area contributed by atoms with Gasteiger partial charge in [0, 0.05) is 13.2 Å². The Morgan fingerprint density at radius 3 is 3.20 bits per heavy atom. The Morgan fingerprint density at radius 1 is 1.50 bits per heavy atom. The standard InChI is InChI=1S/C6H6N4/c1-10-6-5(8-9-10)3-2-4-7-6/h2-4H,1H3. The molecule has 0 radical (unpaired) electrons. The molecule has 2 aromatic rings. The second kappa shape index (κ2) is 1.76. The first-order chi connectivity index (χ1) is 4.88. The molecule has 0 spiro atoms. The van der Waals surface area contributed by atoms with E-state index in [-0.39, 0.29) is 0 Å². The Kier molecular flexibility index (Phi) is 0.943. The molecule has 0 aromatic carbocycles. The summed E-state index contributed by atoms with van der Waals surface area (Å²) in [6.07, 6.45) is 1.73. The quantitative estimate of drug-likeness (QED) is 0.522. The molecule has 4 nitrogen and oxygen atoms in total. The van der Waals surface area contributed by atoms with Gasteiger partial charge in [-0.25, -0.2) is 9.67 Å². The summed E-state index contributed by atoms with van der Waals surface area (Å²) in [6, 6.07) is 3.73. The highest BCUT2D eigenvalue weighted by Crippen LogP contribution is 2.02. The summed E-state index contributed by atoms with van der Waals surface area (Å²) in [7, 11) is 1.82. The lowest BCUT2D eigenvalue weighted by Crippen LogP contribution is -1.90. The highest BCUT2D eigenvalue weighted by Gasteiger charge is 1.97. The average Bonchev–Trinajstić information content (AvgIpc) is 2.34. The summed E-state index contributed by atoms with van der Waals surface area (Å²) in [6.45, 7) is 0. The molecule has 0 saturated carbocycles. The van der Waals surface area contributed by atoms with E-state index in [1.54, 1.807) is 10.9 Å². The fourth-order valence-corrected chi connectivity index (χ4v) is 0.873. The molecule has 0 N–H and O–H groups in total. The van der Waals surface area contributed by atoms with E-state index < -0.39 is 0 Å². The Balaban J connectivity index is 2.93. The van der Waals surface area contributed by atoms with E-state index in [9.17, 15) is 0 Å². The lowest BCUT2D eigenvalue weighted by molar-refractivity contribution is 0.730. The Labute approximate surface area is 57.5 Å². The molecule has 0 atom stereocenters. The molecule has 0 unspecified atom stereocenters. The molecule has 10 heavy (non-hydrogen) atoms. The number of aryl methyl sites for hydroxylation is 1. The van der Waals surface area contributed by atoms with Crippen LogP contribution in [0.2, 0.25) is 0 Å². The molecule has 0 aliphatic carbocycles. The van der Waals surface area contributed by atoms with E-state index in [4.69, 9.17) is 0 Å². The number of pyridine rings is 1. The molecular formula is C6H6N4. The molecule has 0 fully saturated rings. The Hall–Kier alpha value is -1.45. The minimum Gasteiger partial charge on any atom is -0.235 e. The third kappa shape index (κ3) is 0.586. The van der Waals surface area contributed by atoms with Crippen LogP contribution in [0.3, 0.4) is 0 Å². The van der Waals surface area contributed by atoms with Gasteiger partial charge in [0.2, 0.25) is 0 Å². The minimum absolute atomic E-state index is 0.822. The monoisotopic (exact) mass is 134 g/mol. The van der Waals surface area contributed by atoms with Crippen LogP contribution in [0.1, 0.15) is 0 Å². The van der Waals surface area contributed by atoms with Crippen molar-refractivity contribution in [3.63, 3.8) is 0 Å². The summed E-state index contributed by atoms with van der Waals surface area (Å²) >= 11 is 0. The van der Waals surface area contributed by atoms with Crippen LogP contribution >= 0.6 is 0 Å².